The van der Waals surface area contributed by atoms with Crippen molar-refractivity contribution in [2.45, 2.75) is 13.0 Å². The van der Waals surface area contributed by atoms with Gasteiger partial charge in [0.25, 0.3) is 0 Å². The van der Waals surface area contributed by atoms with Gasteiger partial charge in [0.05, 0.1) is 12.2 Å². The summed E-state index contributed by atoms with van der Waals surface area (Å²) in [6.07, 6.45) is 2.10. The number of thiophene rings is 1. The SMILES string of the molecule is Cc1ccc(-c2cn(C(CN3CCNCC3)c3ccc4sc5ccccc5c4c3)nn2)cc1. The van der Waals surface area contributed by atoms with E-state index in [2.05, 4.69) is 105 Å². The lowest BCUT2D eigenvalue weighted by molar-refractivity contribution is 0.213. The van der Waals surface area contributed by atoms with Crippen molar-refractivity contribution in [1.82, 2.24) is 25.2 Å². The monoisotopic (exact) mass is 453 g/mol. The van der Waals surface area contributed by atoms with Crippen molar-refractivity contribution in [3.8, 4) is 11.3 Å². The van der Waals surface area contributed by atoms with Crippen molar-refractivity contribution in [1.29, 1.82) is 0 Å². The molecule has 1 saturated heterocycles. The predicted molar refractivity (Wildman–Crippen MR) is 137 cm³/mol. The third-order valence-corrected chi connectivity index (χ3v) is 7.76. The second kappa shape index (κ2) is 8.71. The Morgan fingerprint density at radius 1 is 0.939 bits per heavy atom. The highest BCUT2D eigenvalue weighted by molar-refractivity contribution is 7.25. The van der Waals surface area contributed by atoms with E-state index in [4.69, 9.17) is 0 Å². The molecule has 0 saturated carbocycles. The Labute approximate surface area is 197 Å². The van der Waals surface area contributed by atoms with Crippen LogP contribution >= 0.6 is 11.3 Å². The van der Waals surface area contributed by atoms with E-state index in [9.17, 15) is 0 Å². The number of benzene rings is 3. The molecular weight excluding hydrogens is 426 g/mol. The van der Waals surface area contributed by atoms with E-state index in [-0.39, 0.29) is 6.04 Å². The summed E-state index contributed by atoms with van der Waals surface area (Å²) >= 11 is 1.86. The molecule has 3 heterocycles. The van der Waals surface area contributed by atoms with Crippen LogP contribution in [0.25, 0.3) is 31.4 Å². The standard InChI is InChI=1S/C27H27N5S/c1-19-6-8-20(9-7-19)24-17-32(30-29-24)25(18-31-14-12-28-13-15-31)21-10-11-27-23(16-21)22-4-2-3-5-26(22)33-27/h2-11,16-17,25,28H,12-15,18H2,1H3. The zero-order valence-corrected chi connectivity index (χ0v) is 19.6. The van der Waals surface area contributed by atoms with Crippen LogP contribution in [-0.4, -0.2) is 52.6 Å². The smallest absolute Gasteiger partial charge is 0.113 e. The van der Waals surface area contributed by atoms with Gasteiger partial charge in [0, 0.05) is 58.5 Å². The summed E-state index contributed by atoms with van der Waals surface area (Å²) in [5.74, 6) is 0. The van der Waals surface area contributed by atoms with Crippen LogP contribution in [-0.2, 0) is 0 Å². The summed E-state index contributed by atoms with van der Waals surface area (Å²) < 4.78 is 4.73. The zero-order valence-electron chi connectivity index (χ0n) is 18.7. The molecule has 1 unspecified atom stereocenters. The number of piperazine rings is 1. The molecule has 0 aliphatic carbocycles. The molecule has 0 amide bonds. The molecule has 0 spiro atoms. The summed E-state index contributed by atoms with van der Waals surface area (Å²) in [5, 5.41) is 15.3. The first-order valence-electron chi connectivity index (χ1n) is 11.6. The lowest BCUT2D eigenvalue weighted by Gasteiger charge is -2.31. The predicted octanol–water partition coefficient (Wildman–Crippen LogP) is 5.12. The third kappa shape index (κ3) is 4.06. The van der Waals surface area contributed by atoms with E-state index in [1.807, 2.05) is 11.3 Å². The molecule has 1 aliphatic heterocycles. The number of nitrogens with zero attached hydrogens (tertiary/aromatic N) is 4. The minimum Gasteiger partial charge on any atom is -0.314 e. The van der Waals surface area contributed by atoms with E-state index >= 15 is 0 Å². The van der Waals surface area contributed by atoms with Crippen LogP contribution in [0, 0.1) is 6.92 Å². The summed E-state index contributed by atoms with van der Waals surface area (Å²) in [4.78, 5) is 2.53. The van der Waals surface area contributed by atoms with Crippen LogP contribution in [0.4, 0.5) is 0 Å². The molecule has 1 aliphatic rings. The number of hydrogen-bond acceptors (Lipinski definition) is 5. The van der Waals surface area contributed by atoms with E-state index in [0.29, 0.717) is 0 Å². The molecule has 166 valence electrons. The van der Waals surface area contributed by atoms with Crippen molar-refractivity contribution in [3.05, 3.63) is 84.1 Å². The van der Waals surface area contributed by atoms with Gasteiger partial charge in [0.15, 0.2) is 0 Å². The number of nitrogens with one attached hydrogen (secondary N) is 1. The van der Waals surface area contributed by atoms with Crippen LogP contribution < -0.4 is 5.32 Å². The van der Waals surface area contributed by atoms with Gasteiger partial charge in [-0.2, -0.15) is 0 Å². The summed E-state index contributed by atoms with van der Waals surface area (Å²) in [6, 6.07) is 24.2. The summed E-state index contributed by atoms with van der Waals surface area (Å²) in [7, 11) is 0. The van der Waals surface area contributed by atoms with Crippen LogP contribution in [0.15, 0.2) is 72.9 Å². The van der Waals surface area contributed by atoms with Gasteiger partial charge in [-0.3, -0.25) is 4.90 Å². The molecule has 0 radical (unpaired) electrons. The van der Waals surface area contributed by atoms with Gasteiger partial charge in [-0.25, -0.2) is 4.68 Å². The first kappa shape index (κ1) is 20.5. The fourth-order valence-corrected chi connectivity index (χ4v) is 5.80. The van der Waals surface area contributed by atoms with Gasteiger partial charge in [0.1, 0.15) is 5.69 Å². The summed E-state index contributed by atoms with van der Waals surface area (Å²) in [6.45, 7) is 7.21. The average Bonchev–Trinajstić information content (AvgIpc) is 3.48. The minimum absolute atomic E-state index is 0.109. The first-order valence-corrected chi connectivity index (χ1v) is 12.4. The molecule has 6 rings (SSSR count). The maximum absolute atomic E-state index is 4.61. The Morgan fingerprint density at radius 3 is 2.58 bits per heavy atom. The van der Waals surface area contributed by atoms with Crippen LogP contribution in [0.3, 0.4) is 0 Å². The lowest BCUT2D eigenvalue weighted by Crippen LogP contribution is -2.45. The van der Waals surface area contributed by atoms with Crippen LogP contribution in [0.1, 0.15) is 17.2 Å². The molecule has 5 nitrogen and oxygen atoms in total. The van der Waals surface area contributed by atoms with E-state index in [1.54, 1.807) is 0 Å². The highest BCUT2D eigenvalue weighted by Crippen LogP contribution is 2.36. The fraction of sp³-hybridized carbons (Fsp3) is 0.259. The van der Waals surface area contributed by atoms with Crippen molar-refractivity contribution >= 4 is 31.5 Å². The highest BCUT2D eigenvalue weighted by atomic mass is 32.1. The number of rotatable bonds is 5. The van der Waals surface area contributed by atoms with E-state index in [1.165, 1.54) is 31.3 Å². The maximum atomic E-state index is 4.61. The second-order valence-corrected chi connectivity index (χ2v) is 9.95. The molecule has 5 aromatic rings. The van der Waals surface area contributed by atoms with Gasteiger partial charge in [-0.15, -0.1) is 16.4 Å². The van der Waals surface area contributed by atoms with Gasteiger partial charge in [0.2, 0.25) is 0 Å². The van der Waals surface area contributed by atoms with Gasteiger partial charge >= 0.3 is 0 Å². The quantitative estimate of drug-likeness (QED) is 0.401. The van der Waals surface area contributed by atoms with Crippen LogP contribution in [0.2, 0.25) is 0 Å². The molecule has 6 heteroatoms. The number of aromatic nitrogens is 3. The van der Waals surface area contributed by atoms with E-state index in [0.717, 1.165) is 44.0 Å². The highest BCUT2D eigenvalue weighted by Gasteiger charge is 2.22. The first-order chi connectivity index (χ1) is 16.2. The molecule has 0 bridgehead atoms. The molecule has 3 aromatic carbocycles. The van der Waals surface area contributed by atoms with Crippen molar-refractivity contribution in [3.63, 3.8) is 0 Å². The minimum atomic E-state index is 0.109. The zero-order chi connectivity index (χ0) is 22.2. The number of aryl methyl sites for hydroxylation is 1. The van der Waals surface area contributed by atoms with Crippen LogP contribution in [0.5, 0.6) is 0 Å². The molecule has 2 aromatic heterocycles. The van der Waals surface area contributed by atoms with Gasteiger partial charge in [-0.1, -0.05) is 59.3 Å². The Hall–Kier alpha value is -3.06. The van der Waals surface area contributed by atoms with E-state index < -0.39 is 0 Å². The Bertz CT molecular complexity index is 1400. The molecular formula is C27H27N5S. The topological polar surface area (TPSA) is 46.0 Å². The second-order valence-electron chi connectivity index (χ2n) is 8.87. The lowest BCUT2D eigenvalue weighted by atomic mass is 10.0. The van der Waals surface area contributed by atoms with Gasteiger partial charge < -0.3 is 5.32 Å². The Kier molecular flexibility index (Phi) is 5.42. The number of fused-ring (bicyclic) bond motifs is 3. The molecule has 33 heavy (non-hydrogen) atoms. The number of hydrogen-bond donors (Lipinski definition) is 1. The molecule has 1 fully saturated rings. The Balaban J connectivity index is 1.41. The van der Waals surface area contributed by atoms with Crippen molar-refractivity contribution in [2.75, 3.05) is 32.7 Å². The van der Waals surface area contributed by atoms with Crippen molar-refractivity contribution in [2.24, 2.45) is 0 Å². The Morgan fingerprint density at radius 2 is 1.73 bits per heavy atom. The third-order valence-electron chi connectivity index (χ3n) is 6.60. The fourth-order valence-electron chi connectivity index (χ4n) is 4.72. The normalized spacial score (nSPS) is 15.9. The maximum Gasteiger partial charge on any atom is 0.113 e. The molecule has 1 atom stereocenters. The van der Waals surface area contributed by atoms with Crippen molar-refractivity contribution < 1.29 is 0 Å². The largest absolute Gasteiger partial charge is 0.314 e. The summed E-state index contributed by atoms with van der Waals surface area (Å²) in [5.41, 5.74) is 4.55. The average molecular weight is 454 g/mol. The molecule has 1 N–H and O–H groups in total. The van der Waals surface area contributed by atoms with Gasteiger partial charge in [-0.05, 0) is 30.7 Å².